The molecule has 0 heterocycles. The summed E-state index contributed by atoms with van der Waals surface area (Å²) in [5, 5.41) is 3.52. The van der Waals surface area contributed by atoms with Crippen LogP contribution in [0, 0.1) is 5.82 Å². The van der Waals surface area contributed by atoms with Crippen molar-refractivity contribution in [3.05, 3.63) is 35.6 Å². The molecule has 118 valence electrons. The smallest absolute Gasteiger partial charge is 0.127 e. The summed E-state index contributed by atoms with van der Waals surface area (Å²) in [6.45, 7) is 7.56. The predicted molar refractivity (Wildman–Crippen MR) is 86.9 cm³/mol. The molecule has 1 atom stereocenters. The van der Waals surface area contributed by atoms with Crippen molar-refractivity contribution in [2.75, 3.05) is 19.6 Å². The highest BCUT2D eigenvalue weighted by Crippen LogP contribution is 2.28. The van der Waals surface area contributed by atoms with E-state index in [1.54, 1.807) is 12.1 Å². The Labute approximate surface area is 128 Å². The summed E-state index contributed by atoms with van der Waals surface area (Å²) in [7, 11) is 0. The predicted octanol–water partition coefficient (Wildman–Crippen LogP) is 4.13. The average molecular weight is 292 g/mol. The molecule has 0 spiro atoms. The first-order valence-corrected chi connectivity index (χ1v) is 8.48. The van der Waals surface area contributed by atoms with Gasteiger partial charge in [-0.2, -0.15) is 0 Å². The third kappa shape index (κ3) is 5.08. The van der Waals surface area contributed by atoms with Gasteiger partial charge in [-0.25, -0.2) is 4.39 Å². The summed E-state index contributed by atoms with van der Waals surface area (Å²) >= 11 is 0. The minimum absolute atomic E-state index is 0.0837. The van der Waals surface area contributed by atoms with E-state index in [1.165, 1.54) is 25.8 Å². The van der Waals surface area contributed by atoms with Crippen molar-refractivity contribution in [3.8, 4) is 0 Å². The van der Waals surface area contributed by atoms with E-state index in [4.69, 9.17) is 0 Å². The van der Waals surface area contributed by atoms with E-state index in [9.17, 15) is 4.39 Å². The third-order valence-electron chi connectivity index (χ3n) is 4.20. The number of halogens is 1. The molecule has 0 saturated heterocycles. The van der Waals surface area contributed by atoms with Crippen LogP contribution < -0.4 is 5.32 Å². The largest absolute Gasteiger partial charge is 0.310 e. The van der Waals surface area contributed by atoms with Gasteiger partial charge in [-0.05, 0) is 51.3 Å². The zero-order valence-electron chi connectivity index (χ0n) is 13.4. The molecule has 0 bridgehead atoms. The first-order chi connectivity index (χ1) is 10.3. The molecular weight excluding hydrogens is 263 g/mol. The second kappa shape index (κ2) is 8.50. The summed E-state index contributed by atoms with van der Waals surface area (Å²) in [5.41, 5.74) is 0.818. The van der Waals surface area contributed by atoms with Crippen molar-refractivity contribution in [1.29, 1.82) is 0 Å². The van der Waals surface area contributed by atoms with E-state index in [1.807, 2.05) is 12.1 Å². The molecule has 1 N–H and O–H groups in total. The molecule has 1 saturated carbocycles. The normalized spacial score (nSPS) is 16.4. The Balaban J connectivity index is 1.97. The molecule has 1 aromatic rings. The van der Waals surface area contributed by atoms with Crippen LogP contribution in [0.3, 0.4) is 0 Å². The second-order valence-electron chi connectivity index (χ2n) is 6.08. The van der Waals surface area contributed by atoms with Crippen LogP contribution in [0.25, 0.3) is 0 Å². The maximum atomic E-state index is 14.1. The summed E-state index contributed by atoms with van der Waals surface area (Å²) in [5.74, 6) is -0.0837. The molecule has 1 fully saturated rings. The number of benzene rings is 1. The number of nitrogens with one attached hydrogen (secondary N) is 1. The van der Waals surface area contributed by atoms with Gasteiger partial charge in [0.2, 0.25) is 0 Å². The Morgan fingerprint density at radius 2 is 1.95 bits per heavy atom. The molecule has 1 aromatic carbocycles. The summed E-state index contributed by atoms with van der Waals surface area (Å²) in [6.07, 6.45) is 5.94. The summed E-state index contributed by atoms with van der Waals surface area (Å²) in [4.78, 5) is 2.58. The van der Waals surface area contributed by atoms with Gasteiger partial charge in [0.25, 0.3) is 0 Å². The van der Waals surface area contributed by atoms with Crippen LogP contribution in [-0.2, 0) is 0 Å². The van der Waals surface area contributed by atoms with Crippen LogP contribution in [0.4, 0.5) is 4.39 Å². The van der Waals surface area contributed by atoms with Crippen molar-refractivity contribution >= 4 is 0 Å². The van der Waals surface area contributed by atoms with Crippen molar-refractivity contribution in [2.24, 2.45) is 0 Å². The molecule has 2 nitrogen and oxygen atoms in total. The maximum Gasteiger partial charge on any atom is 0.127 e. The lowest BCUT2D eigenvalue weighted by Gasteiger charge is -2.26. The maximum absolute atomic E-state index is 14.1. The third-order valence-corrected chi connectivity index (χ3v) is 4.20. The van der Waals surface area contributed by atoms with Crippen molar-refractivity contribution in [3.63, 3.8) is 0 Å². The second-order valence-corrected chi connectivity index (χ2v) is 6.08. The Kier molecular flexibility index (Phi) is 6.65. The Morgan fingerprint density at radius 1 is 1.19 bits per heavy atom. The van der Waals surface area contributed by atoms with E-state index >= 15 is 0 Å². The van der Waals surface area contributed by atoms with Gasteiger partial charge in [-0.15, -0.1) is 0 Å². The van der Waals surface area contributed by atoms with E-state index in [0.29, 0.717) is 0 Å². The first-order valence-electron chi connectivity index (χ1n) is 8.48. The summed E-state index contributed by atoms with van der Waals surface area (Å²) in [6, 6.07) is 8.11. The quantitative estimate of drug-likeness (QED) is 0.697. The molecule has 0 aromatic heterocycles. The zero-order valence-corrected chi connectivity index (χ0v) is 13.4. The Bertz CT molecular complexity index is 417. The molecule has 21 heavy (non-hydrogen) atoms. The number of rotatable bonds is 10. The van der Waals surface area contributed by atoms with Gasteiger partial charge in [-0.3, -0.25) is 0 Å². The SMILES string of the molecule is CCCNC(CCN(CCC)C1CC1)c1ccccc1F. The lowest BCUT2D eigenvalue weighted by Crippen LogP contribution is -2.32. The molecule has 0 aliphatic heterocycles. The van der Waals surface area contributed by atoms with Gasteiger partial charge in [0.1, 0.15) is 5.82 Å². The minimum atomic E-state index is -0.0837. The van der Waals surface area contributed by atoms with Crippen molar-refractivity contribution in [1.82, 2.24) is 10.2 Å². The van der Waals surface area contributed by atoms with Crippen molar-refractivity contribution in [2.45, 2.75) is 58.0 Å². The highest BCUT2D eigenvalue weighted by Gasteiger charge is 2.28. The molecule has 1 aliphatic rings. The molecule has 3 heteroatoms. The van der Waals surface area contributed by atoms with Crippen LogP contribution in [0.1, 0.15) is 57.6 Å². The van der Waals surface area contributed by atoms with Gasteiger partial charge < -0.3 is 10.2 Å². The zero-order chi connectivity index (χ0) is 15.1. The fourth-order valence-electron chi connectivity index (χ4n) is 2.94. The molecule has 0 amide bonds. The monoisotopic (exact) mass is 292 g/mol. The van der Waals surface area contributed by atoms with Crippen molar-refractivity contribution < 1.29 is 4.39 Å². The number of hydrogen-bond donors (Lipinski definition) is 1. The highest BCUT2D eigenvalue weighted by molar-refractivity contribution is 5.21. The molecule has 1 aliphatic carbocycles. The van der Waals surface area contributed by atoms with Gasteiger partial charge in [0.15, 0.2) is 0 Å². The van der Waals surface area contributed by atoms with Gasteiger partial charge in [0, 0.05) is 24.2 Å². The minimum Gasteiger partial charge on any atom is -0.310 e. The van der Waals surface area contributed by atoms with Gasteiger partial charge >= 0.3 is 0 Å². The topological polar surface area (TPSA) is 15.3 Å². The van der Waals surface area contributed by atoms with Crippen LogP contribution in [0.5, 0.6) is 0 Å². The highest BCUT2D eigenvalue weighted by atomic mass is 19.1. The Hall–Kier alpha value is -0.930. The van der Waals surface area contributed by atoms with Crippen LogP contribution in [0.15, 0.2) is 24.3 Å². The van der Waals surface area contributed by atoms with Gasteiger partial charge in [0.05, 0.1) is 0 Å². The number of nitrogens with zero attached hydrogens (tertiary/aromatic N) is 1. The van der Waals surface area contributed by atoms with Crippen LogP contribution >= 0.6 is 0 Å². The fourth-order valence-corrected chi connectivity index (χ4v) is 2.94. The first kappa shape index (κ1) is 16.4. The summed E-state index contributed by atoms with van der Waals surface area (Å²) < 4.78 is 14.1. The molecule has 1 unspecified atom stereocenters. The molecular formula is C18H29FN2. The van der Waals surface area contributed by atoms with Crippen LogP contribution in [0.2, 0.25) is 0 Å². The average Bonchev–Trinajstić information content (AvgIpc) is 3.32. The van der Waals surface area contributed by atoms with E-state index in [-0.39, 0.29) is 11.9 Å². The Morgan fingerprint density at radius 3 is 2.57 bits per heavy atom. The number of hydrogen-bond acceptors (Lipinski definition) is 2. The molecule has 2 rings (SSSR count). The van der Waals surface area contributed by atoms with E-state index in [2.05, 4.69) is 24.1 Å². The van der Waals surface area contributed by atoms with Gasteiger partial charge in [-0.1, -0.05) is 32.0 Å². The standard InChI is InChI=1S/C18H29FN2/c1-3-12-20-18(16-7-5-6-8-17(16)19)11-14-21(13-4-2)15-9-10-15/h5-8,15,18,20H,3-4,9-14H2,1-2H3. The van der Waals surface area contributed by atoms with E-state index < -0.39 is 0 Å². The fraction of sp³-hybridized carbons (Fsp3) is 0.667. The molecule has 0 radical (unpaired) electrons. The lowest BCUT2D eigenvalue weighted by molar-refractivity contribution is 0.246. The van der Waals surface area contributed by atoms with Crippen LogP contribution in [-0.4, -0.2) is 30.6 Å². The lowest BCUT2D eigenvalue weighted by atomic mass is 10.0. The van der Waals surface area contributed by atoms with E-state index in [0.717, 1.165) is 37.5 Å².